The molecule has 9 nitrogen and oxygen atoms in total. The van der Waals surface area contributed by atoms with Crippen LogP contribution in [-0.2, 0) is 12.8 Å². The van der Waals surface area contributed by atoms with Crippen molar-refractivity contribution in [2.45, 2.75) is 19.8 Å². The van der Waals surface area contributed by atoms with Crippen molar-refractivity contribution in [3.63, 3.8) is 0 Å². The van der Waals surface area contributed by atoms with Gasteiger partial charge in [-0.15, -0.1) is 5.10 Å². The van der Waals surface area contributed by atoms with Crippen LogP contribution in [0.2, 0.25) is 0 Å². The quantitative estimate of drug-likeness (QED) is 0.705. The van der Waals surface area contributed by atoms with Crippen molar-refractivity contribution >= 4 is 11.6 Å². The fourth-order valence-electron chi connectivity index (χ4n) is 1.80. The minimum Gasteiger partial charge on any atom is -0.351 e. The molecule has 3 rings (SSSR count). The van der Waals surface area contributed by atoms with Crippen molar-refractivity contribution in [3.05, 3.63) is 35.6 Å². The Balaban J connectivity index is 1.58. The summed E-state index contributed by atoms with van der Waals surface area (Å²) < 4.78 is 6.49. The first kappa shape index (κ1) is 13.2. The van der Waals surface area contributed by atoms with Crippen LogP contribution in [-0.4, -0.2) is 42.6 Å². The Morgan fingerprint density at radius 1 is 1.43 bits per heavy atom. The zero-order chi connectivity index (χ0) is 14.7. The van der Waals surface area contributed by atoms with E-state index in [-0.39, 0.29) is 5.91 Å². The number of amides is 1. The molecule has 0 aliphatic heterocycles. The van der Waals surface area contributed by atoms with Crippen LogP contribution in [0, 0.1) is 0 Å². The molecule has 0 aliphatic rings. The molecule has 0 atom stereocenters. The van der Waals surface area contributed by atoms with Crippen LogP contribution in [0.1, 0.15) is 29.0 Å². The molecule has 0 spiro atoms. The van der Waals surface area contributed by atoms with Crippen LogP contribution in [0.15, 0.2) is 22.9 Å². The molecule has 1 N–H and O–H groups in total. The predicted octanol–water partition coefficient (Wildman–Crippen LogP) is 0.0422. The standard InChI is InChI=1S/C12H13N7O2/c1-2-9-14-11(21-16-9)5-6-13-12(20)8-3-4-10-15-17-18-19(10)7-8/h3-4,7H,2,5-6H2,1H3,(H,13,20). The lowest BCUT2D eigenvalue weighted by Crippen LogP contribution is -2.26. The monoisotopic (exact) mass is 287 g/mol. The normalized spacial score (nSPS) is 10.9. The largest absolute Gasteiger partial charge is 0.351 e. The van der Waals surface area contributed by atoms with Gasteiger partial charge in [-0.2, -0.15) is 9.50 Å². The zero-order valence-corrected chi connectivity index (χ0v) is 11.4. The molecule has 0 bridgehead atoms. The lowest BCUT2D eigenvalue weighted by molar-refractivity contribution is 0.0953. The summed E-state index contributed by atoms with van der Waals surface area (Å²) in [5.74, 6) is 0.978. The first-order valence-corrected chi connectivity index (χ1v) is 6.53. The van der Waals surface area contributed by atoms with Crippen molar-refractivity contribution in [1.82, 2.24) is 35.5 Å². The lowest BCUT2D eigenvalue weighted by atomic mass is 10.2. The Hall–Kier alpha value is -2.84. The smallest absolute Gasteiger partial charge is 0.252 e. The molecule has 9 heteroatoms. The van der Waals surface area contributed by atoms with Crippen LogP contribution in [0.25, 0.3) is 5.65 Å². The van der Waals surface area contributed by atoms with E-state index in [1.165, 1.54) is 4.52 Å². The first-order valence-electron chi connectivity index (χ1n) is 6.53. The average molecular weight is 287 g/mol. The molecule has 0 radical (unpaired) electrons. The van der Waals surface area contributed by atoms with Crippen molar-refractivity contribution in [3.8, 4) is 0 Å². The average Bonchev–Trinajstić information content (AvgIpc) is 3.14. The summed E-state index contributed by atoms with van der Waals surface area (Å²) in [5, 5.41) is 17.6. The van der Waals surface area contributed by atoms with Crippen LogP contribution in [0.5, 0.6) is 0 Å². The van der Waals surface area contributed by atoms with E-state index in [0.29, 0.717) is 35.9 Å². The Bertz CT molecular complexity index is 764. The van der Waals surface area contributed by atoms with Gasteiger partial charge < -0.3 is 9.84 Å². The maximum atomic E-state index is 12.0. The van der Waals surface area contributed by atoms with E-state index in [1.807, 2.05) is 6.92 Å². The van der Waals surface area contributed by atoms with Crippen LogP contribution < -0.4 is 5.32 Å². The number of aromatic nitrogens is 6. The molecule has 108 valence electrons. The summed E-state index contributed by atoms with van der Waals surface area (Å²) >= 11 is 0. The third-order valence-corrected chi connectivity index (χ3v) is 2.90. The fourth-order valence-corrected chi connectivity index (χ4v) is 1.80. The van der Waals surface area contributed by atoms with Gasteiger partial charge in [-0.3, -0.25) is 4.79 Å². The number of hydrogen-bond donors (Lipinski definition) is 1. The predicted molar refractivity (Wildman–Crippen MR) is 70.5 cm³/mol. The van der Waals surface area contributed by atoms with E-state index in [4.69, 9.17) is 4.52 Å². The topological polar surface area (TPSA) is 111 Å². The SMILES string of the molecule is CCc1noc(CCNC(=O)c2ccc3nnnn3c2)n1. The third kappa shape index (κ3) is 2.86. The summed E-state index contributed by atoms with van der Waals surface area (Å²) in [4.78, 5) is 16.2. The number of fused-ring (bicyclic) bond motifs is 1. The van der Waals surface area contributed by atoms with E-state index >= 15 is 0 Å². The minimum atomic E-state index is -0.206. The Labute approximate surface area is 119 Å². The number of aryl methyl sites for hydroxylation is 1. The van der Waals surface area contributed by atoms with Crippen molar-refractivity contribution in [2.75, 3.05) is 6.54 Å². The van der Waals surface area contributed by atoms with Crippen LogP contribution in [0.3, 0.4) is 0 Å². The number of carbonyl (C=O) groups excluding carboxylic acids is 1. The van der Waals surface area contributed by atoms with Gasteiger partial charge in [-0.25, -0.2) is 0 Å². The molecule has 0 aromatic carbocycles. The number of tetrazole rings is 1. The Kier molecular flexibility index (Phi) is 3.54. The van der Waals surface area contributed by atoms with Gasteiger partial charge in [0.25, 0.3) is 5.91 Å². The maximum Gasteiger partial charge on any atom is 0.252 e. The molecular formula is C12H13N7O2. The molecule has 3 aromatic rings. The van der Waals surface area contributed by atoms with E-state index < -0.39 is 0 Å². The molecular weight excluding hydrogens is 274 g/mol. The van der Waals surface area contributed by atoms with Crippen LogP contribution in [0.4, 0.5) is 0 Å². The highest BCUT2D eigenvalue weighted by Gasteiger charge is 2.09. The summed E-state index contributed by atoms with van der Waals surface area (Å²) in [7, 11) is 0. The van der Waals surface area contributed by atoms with Crippen molar-refractivity contribution < 1.29 is 9.32 Å². The van der Waals surface area contributed by atoms with Gasteiger partial charge in [0, 0.05) is 25.6 Å². The van der Waals surface area contributed by atoms with Crippen molar-refractivity contribution in [1.29, 1.82) is 0 Å². The second kappa shape index (κ2) is 5.65. The number of pyridine rings is 1. The van der Waals surface area contributed by atoms with Gasteiger partial charge in [0.15, 0.2) is 11.5 Å². The summed E-state index contributed by atoms with van der Waals surface area (Å²) in [6, 6.07) is 3.35. The molecule has 0 saturated heterocycles. The highest BCUT2D eigenvalue weighted by Crippen LogP contribution is 2.02. The Morgan fingerprint density at radius 3 is 3.14 bits per heavy atom. The third-order valence-electron chi connectivity index (χ3n) is 2.90. The molecule has 21 heavy (non-hydrogen) atoms. The number of nitrogens with zero attached hydrogens (tertiary/aromatic N) is 6. The summed E-state index contributed by atoms with van der Waals surface area (Å²) in [6.45, 7) is 2.36. The molecule has 1 amide bonds. The number of nitrogens with one attached hydrogen (secondary N) is 1. The molecule has 0 saturated carbocycles. The molecule has 3 heterocycles. The number of carbonyl (C=O) groups is 1. The van der Waals surface area contributed by atoms with Gasteiger partial charge in [-0.05, 0) is 22.6 Å². The van der Waals surface area contributed by atoms with Gasteiger partial charge >= 0.3 is 0 Å². The fraction of sp³-hybridized carbons (Fsp3) is 0.333. The molecule has 0 aliphatic carbocycles. The van der Waals surface area contributed by atoms with Gasteiger partial charge in [0.2, 0.25) is 5.89 Å². The van der Waals surface area contributed by atoms with Gasteiger partial charge in [0.05, 0.1) is 5.56 Å². The maximum absolute atomic E-state index is 12.0. The van der Waals surface area contributed by atoms with E-state index in [1.54, 1.807) is 18.3 Å². The first-order chi connectivity index (χ1) is 10.3. The molecule has 3 aromatic heterocycles. The minimum absolute atomic E-state index is 0.206. The van der Waals surface area contributed by atoms with Gasteiger partial charge in [-0.1, -0.05) is 12.1 Å². The Morgan fingerprint density at radius 2 is 2.33 bits per heavy atom. The number of hydrogen-bond acceptors (Lipinski definition) is 7. The van der Waals surface area contributed by atoms with E-state index in [0.717, 1.165) is 6.42 Å². The lowest BCUT2D eigenvalue weighted by Gasteiger charge is -2.03. The molecule has 0 unspecified atom stereocenters. The zero-order valence-electron chi connectivity index (χ0n) is 11.4. The molecule has 0 fully saturated rings. The van der Waals surface area contributed by atoms with E-state index in [2.05, 4.69) is 31.0 Å². The van der Waals surface area contributed by atoms with Crippen molar-refractivity contribution in [2.24, 2.45) is 0 Å². The van der Waals surface area contributed by atoms with Crippen LogP contribution >= 0.6 is 0 Å². The summed E-state index contributed by atoms with van der Waals surface area (Å²) in [6.07, 6.45) is 2.79. The van der Waals surface area contributed by atoms with Gasteiger partial charge in [0.1, 0.15) is 0 Å². The summed E-state index contributed by atoms with van der Waals surface area (Å²) in [5.41, 5.74) is 1.07. The number of rotatable bonds is 5. The highest BCUT2D eigenvalue weighted by molar-refractivity contribution is 5.94. The second-order valence-corrected chi connectivity index (χ2v) is 4.36. The highest BCUT2D eigenvalue weighted by atomic mass is 16.5. The van der Waals surface area contributed by atoms with E-state index in [9.17, 15) is 4.79 Å². The second-order valence-electron chi connectivity index (χ2n) is 4.36.